The Balaban J connectivity index is 3.01. The predicted octanol–water partition coefficient (Wildman–Crippen LogP) is 0.878. The topological polar surface area (TPSA) is 52.6 Å². The van der Waals surface area contributed by atoms with E-state index >= 15 is 0 Å². The van der Waals surface area contributed by atoms with E-state index in [2.05, 4.69) is 5.32 Å². The van der Waals surface area contributed by atoms with Gasteiger partial charge in [0.15, 0.2) is 0 Å². The average molecular weight is 184 g/mol. The van der Waals surface area contributed by atoms with Crippen LogP contribution in [0.2, 0.25) is 0 Å². The first-order valence-electron chi connectivity index (χ1n) is 4.25. The van der Waals surface area contributed by atoms with Crippen LogP contribution < -0.4 is 5.32 Å². The molecule has 0 fully saturated rings. The van der Waals surface area contributed by atoms with Crippen LogP contribution in [0.15, 0.2) is 11.8 Å². The van der Waals surface area contributed by atoms with Crippen molar-refractivity contribution >= 4 is 6.41 Å². The van der Waals surface area contributed by atoms with Crippen molar-refractivity contribution in [2.24, 2.45) is 0 Å². The fourth-order valence-electron chi connectivity index (χ4n) is 1.71. The van der Waals surface area contributed by atoms with Crippen LogP contribution in [0.25, 0.3) is 0 Å². The van der Waals surface area contributed by atoms with E-state index in [1.165, 1.54) is 5.06 Å². The lowest BCUT2D eigenvalue weighted by Crippen LogP contribution is -2.49. The molecule has 0 saturated carbocycles. The highest BCUT2D eigenvalue weighted by Crippen LogP contribution is 2.36. The Morgan fingerprint density at radius 2 is 2.00 bits per heavy atom. The molecule has 0 aliphatic carbocycles. The second-order valence-electron chi connectivity index (χ2n) is 4.34. The fraction of sp³-hybridized carbons (Fsp3) is 0.667. The van der Waals surface area contributed by atoms with Crippen LogP contribution in [0, 0.1) is 0 Å². The third-order valence-corrected chi connectivity index (χ3v) is 2.45. The molecule has 0 atom stereocenters. The summed E-state index contributed by atoms with van der Waals surface area (Å²) in [5, 5.41) is 13.6. The zero-order chi connectivity index (χ0) is 10.3. The number of nitrogens with one attached hydrogen (secondary N) is 1. The molecule has 2 N–H and O–H groups in total. The molecule has 0 aromatic rings. The van der Waals surface area contributed by atoms with Gasteiger partial charge in [-0.2, -0.15) is 5.06 Å². The summed E-state index contributed by atoms with van der Waals surface area (Å²) in [6.45, 7) is 7.47. The van der Waals surface area contributed by atoms with Crippen LogP contribution in [-0.2, 0) is 4.79 Å². The lowest BCUT2D eigenvalue weighted by Gasteiger charge is -2.35. The molecular formula is C9H16N2O2. The summed E-state index contributed by atoms with van der Waals surface area (Å²) in [6, 6.07) is 0. The highest BCUT2D eigenvalue weighted by Gasteiger charge is 2.45. The largest absolute Gasteiger partial charge is 0.331 e. The quantitative estimate of drug-likeness (QED) is 0.626. The Morgan fingerprint density at radius 1 is 1.46 bits per heavy atom. The van der Waals surface area contributed by atoms with Crippen molar-refractivity contribution in [1.82, 2.24) is 10.4 Å². The zero-order valence-corrected chi connectivity index (χ0v) is 8.46. The van der Waals surface area contributed by atoms with Gasteiger partial charge in [0.25, 0.3) is 0 Å². The van der Waals surface area contributed by atoms with Crippen LogP contribution >= 0.6 is 0 Å². The van der Waals surface area contributed by atoms with Crippen LogP contribution in [0.5, 0.6) is 0 Å². The zero-order valence-electron chi connectivity index (χ0n) is 8.46. The van der Waals surface area contributed by atoms with E-state index in [9.17, 15) is 10.0 Å². The predicted molar refractivity (Wildman–Crippen MR) is 49.1 cm³/mol. The van der Waals surface area contributed by atoms with Crippen molar-refractivity contribution < 1.29 is 10.0 Å². The molecular weight excluding hydrogens is 168 g/mol. The van der Waals surface area contributed by atoms with E-state index in [4.69, 9.17) is 0 Å². The maximum Gasteiger partial charge on any atom is 0.211 e. The van der Waals surface area contributed by atoms with Gasteiger partial charge in [0.05, 0.1) is 11.1 Å². The van der Waals surface area contributed by atoms with Crippen LogP contribution in [0.1, 0.15) is 27.7 Å². The highest BCUT2D eigenvalue weighted by molar-refractivity contribution is 5.52. The molecule has 4 heteroatoms. The molecule has 1 aliphatic rings. The van der Waals surface area contributed by atoms with E-state index in [-0.39, 0.29) is 0 Å². The standard InChI is InChI=1S/C9H16N2O2/c1-8(2)5-7(10-6-12)9(3,4)11(8)13/h5-6,13H,1-4H3,(H,10,12). The van der Waals surface area contributed by atoms with E-state index in [1.807, 2.05) is 33.8 Å². The number of carbonyl (C=O) groups excluding carboxylic acids is 1. The maximum atomic E-state index is 10.3. The molecule has 0 unspecified atom stereocenters. The van der Waals surface area contributed by atoms with Crippen LogP contribution in [0.3, 0.4) is 0 Å². The number of amides is 1. The van der Waals surface area contributed by atoms with Gasteiger partial charge in [0, 0.05) is 5.70 Å². The minimum Gasteiger partial charge on any atom is -0.331 e. The van der Waals surface area contributed by atoms with E-state index in [0.29, 0.717) is 6.41 Å². The Bertz CT molecular complexity index is 256. The van der Waals surface area contributed by atoms with Gasteiger partial charge in [-0.3, -0.25) is 4.79 Å². The average Bonchev–Trinajstić information content (AvgIpc) is 2.14. The molecule has 0 aromatic heterocycles. The van der Waals surface area contributed by atoms with Crippen LogP contribution in [-0.4, -0.2) is 27.8 Å². The van der Waals surface area contributed by atoms with Crippen molar-refractivity contribution in [2.75, 3.05) is 0 Å². The summed E-state index contributed by atoms with van der Waals surface area (Å²) >= 11 is 0. The van der Waals surface area contributed by atoms with Gasteiger partial charge in [-0.15, -0.1) is 0 Å². The van der Waals surface area contributed by atoms with E-state index < -0.39 is 11.1 Å². The molecule has 1 amide bonds. The highest BCUT2D eigenvalue weighted by atomic mass is 16.5. The van der Waals surface area contributed by atoms with Gasteiger partial charge in [0.2, 0.25) is 6.41 Å². The van der Waals surface area contributed by atoms with Crippen molar-refractivity contribution in [2.45, 2.75) is 38.8 Å². The summed E-state index contributed by atoms with van der Waals surface area (Å²) in [4.78, 5) is 10.3. The number of carbonyl (C=O) groups is 1. The summed E-state index contributed by atoms with van der Waals surface area (Å²) < 4.78 is 0. The first-order valence-corrected chi connectivity index (χ1v) is 4.25. The first kappa shape index (κ1) is 10.2. The Hall–Kier alpha value is -0.870. The first-order chi connectivity index (χ1) is 5.82. The van der Waals surface area contributed by atoms with E-state index in [1.54, 1.807) is 0 Å². The van der Waals surface area contributed by atoms with Crippen molar-refractivity contribution in [3.8, 4) is 0 Å². The lowest BCUT2D eigenvalue weighted by molar-refractivity contribution is -0.186. The van der Waals surface area contributed by atoms with Gasteiger partial charge in [0.1, 0.15) is 0 Å². The van der Waals surface area contributed by atoms with Gasteiger partial charge in [-0.1, -0.05) is 0 Å². The number of rotatable bonds is 2. The molecule has 0 spiro atoms. The van der Waals surface area contributed by atoms with Gasteiger partial charge in [-0.25, -0.2) is 0 Å². The SMILES string of the molecule is CC1(C)C=C(NC=O)C(C)(C)N1O. The smallest absolute Gasteiger partial charge is 0.211 e. The second-order valence-corrected chi connectivity index (χ2v) is 4.34. The number of nitrogens with zero attached hydrogens (tertiary/aromatic N) is 1. The minimum absolute atomic E-state index is 0.436. The molecule has 1 rings (SSSR count). The molecule has 74 valence electrons. The Morgan fingerprint density at radius 3 is 2.31 bits per heavy atom. The molecule has 1 aliphatic heterocycles. The van der Waals surface area contributed by atoms with Gasteiger partial charge >= 0.3 is 0 Å². The Kier molecular flexibility index (Phi) is 2.21. The maximum absolute atomic E-state index is 10.3. The minimum atomic E-state index is -0.537. The number of hydrogen-bond acceptors (Lipinski definition) is 3. The summed E-state index contributed by atoms with van der Waals surface area (Å²) in [5.41, 5.74) is -0.241. The second kappa shape index (κ2) is 2.82. The van der Waals surface area contributed by atoms with Crippen molar-refractivity contribution in [3.05, 3.63) is 11.8 Å². The van der Waals surface area contributed by atoms with Crippen LogP contribution in [0.4, 0.5) is 0 Å². The Labute approximate surface area is 78.2 Å². The lowest BCUT2D eigenvalue weighted by atomic mass is 10.0. The summed E-state index contributed by atoms with van der Waals surface area (Å²) in [6.07, 6.45) is 2.48. The molecule has 0 saturated heterocycles. The number of hydrogen-bond donors (Lipinski definition) is 2. The van der Waals surface area contributed by atoms with E-state index in [0.717, 1.165) is 5.70 Å². The number of hydroxylamine groups is 2. The summed E-state index contributed by atoms with van der Waals surface area (Å²) in [7, 11) is 0. The third kappa shape index (κ3) is 1.47. The van der Waals surface area contributed by atoms with Crippen molar-refractivity contribution in [1.29, 1.82) is 0 Å². The van der Waals surface area contributed by atoms with Gasteiger partial charge in [-0.05, 0) is 33.8 Å². The monoisotopic (exact) mass is 184 g/mol. The molecule has 0 radical (unpaired) electrons. The fourth-order valence-corrected chi connectivity index (χ4v) is 1.71. The third-order valence-electron chi connectivity index (χ3n) is 2.45. The van der Waals surface area contributed by atoms with Gasteiger partial charge < -0.3 is 10.5 Å². The normalized spacial score (nSPS) is 25.5. The molecule has 0 aromatic carbocycles. The summed E-state index contributed by atoms with van der Waals surface area (Å²) in [5.74, 6) is 0. The molecule has 4 nitrogen and oxygen atoms in total. The molecule has 13 heavy (non-hydrogen) atoms. The molecule has 0 bridgehead atoms. The molecule has 1 heterocycles. The van der Waals surface area contributed by atoms with Crippen molar-refractivity contribution in [3.63, 3.8) is 0 Å².